The monoisotopic (exact) mass is 152 g/mol. The van der Waals surface area contributed by atoms with E-state index < -0.39 is 0 Å². The van der Waals surface area contributed by atoms with Gasteiger partial charge in [-0.2, -0.15) is 4.98 Å². The smallest absolute Gasteiger partial charge is 0.300 e. The lowest BCUT2D eigenvalue weighted by atomic mass is 10.4. The average molecular weight is 152 g/mol. The molecule has 58 valence electrons. The second-order valence-corrected chi connectivity index (χ2v) is 2.63. The Morgan fingerprint density at radius 2 is 2.64 bits per heavy atom. The normalized spacial score (nSPS) is 21.0. The maximum atomic E-state index is 10.7. The number of nitrogens with zero attached hydrogens (tertiary/aromatic N) is 2. The zero-order chi connectivity index (χ0) is 7.84. The molecule has 0 radical (unpaired) electrons. The number of hydrogen-bond acceptors (Lipinski definition) is 3. The van der Waals surface area contributed by atoms with Gasteiger partial charge in [0.1, 0.15) is 6.10 Å². The van der Waals surface area contributed by atoms with Gasteiger partial charge in [0.25, 0.3) is 11.6 Å². The SMILES string of the molecule is CC1Cn2ccc(=O)nc2O1. The highest BCUT2D eigenvalue weighted by atomic mass is 16.5. The minimum Gasteiger partial charge on any atom is -0.460 e. The first-order valence-corrected chi connectivity index (χ1v) is 3.50. The maximum absolute atomic E-state index is 10.7. The molecule has 0 bridgehead atoms. The van der Waals surface area contributed by atoms with Crippen LogP contribution in [-0.2, 0) is 6.54 Å². The Morgan fingerprint density at radius 1 is 1.82 bits per heavy atom. The zero-order valence-electron chi connectivity index (χ0n) is 6.15. The Hall–Kier alpha value is -1.32. The quantitative estimate of drug-likeness (QED) is 0.526. The van der Waals surface area contributed by atoms with Crippen LogP contribution in [-0.4, -0.2) is 15.7 Å². The topological polar surface area (TPSA) is 44.1 Å². The second-order valence-electron chi connectivity index (χ2n) is 2.63. The molecule has 1 aliphatic rings. The van der Waals surface area contributed by atoms with Crippen LogP contribution in [0.25, 0.3) is 0 Å². The van der Waals surface area contributed by atoms with Crippen LogP contribution in [0.3, 0.4) is 0 Å². The third kappa shape index (κ3) is 1.00. The van der Waals surface area contributed by atoms with Gasteiger partial charge in [0.05, 0.1) is 6.54 Å². The van der Waals surface area contributed by atoms with Crippen molar-refractivity contribution in [3.8, 4) is 6.01 Å². The minimum atomic E-state index is -0.245. The van der Waals surface area contributed by atoms with Crippen molar-refractivity contribution in [3.63, 3.8) is 0 Å². The van der Waals surface area contributed by atoms with Crippen LogP contribution in [0.5, 0.6) is 6.01 Å². The molecule has 1 atom stereocenters. The fourth-order valence-corrected chi connectivity index (χ4v) is 1.14. The van der Waals surface area contributed by atoms with Gasteiger partial charge in [0.15, 0.2) is 0 Å². The van der Waals surface area contributed by atoms with Gasteiger partial charge in [-0.3, -0.25) is 9.36 Å². The summed E-state index contributed by atoms with van der Waals surface area (Å²) in [5, 5.41) is 0. The van der Waals surface area contributed by atoms with Gasteiger partial charge >= 0.3 is 0 Å². The first-order chi connectivity index (χ1) is 5.25. The van der Waals surface area contributed by atoms with Crippen molar-refractivity contribution in [2.75, 3.05) is 0 Å². The van der Waals surface area contributed by atoms with Crippen LogP contribution in [0.2, 0.25) is 0 Å². The molecule has 0 fully saturated rings. The summed E-state index contributed by atoms with van der Waals surface area (Å²) in [6.07, 6.45) is 1.83. The molecular formula is C7H8N2O2. The summed E-state index contributed by atoms with van der Waals surface area (Å²) in [6, 6.07) is 1.87. The van der Waals surface area contributed by atoms with E-state index in [0.717, 1.165) is 6.54 Å². The summed E-state index contributed by atoms with van der Waals surface area (Å²) in [7, 11) is 0. The van der Waals surface area contributed by atoms with Crippen LogP contribution in [0.1, 0.15) is 6.92 Å². The summed E-state index contributed by atoms with van der Waals surface area (Å²) in [6.45, 7) is 2.72. The molecule has 4 nitrogen and oxygen atoms in total. The van der Waals surface area contributed by atoms with Crippen molar-refractivity contribution in [3.05, 3.63) is 22.6 Å². The lowest BCUT2D eigenvalue weighted by Crippen LogP contribution is -2.07. The van der Waals surface area contributed by atoms with E-state index in [9.17, 15) is 4.79 Å². The maximum Gasteiger partial charge on any atom is 0.300 e. The molecule has 1 unspecified atom stereocenters. The summed E-state index contributed by atoms with van der Waals surface area (Å²) in [4.78, 5) is 14.4. The summed E-state index contributed by atoms with van der Waals surface area (Å²) in [5.41, 5.74) is -0.245. The third-order valence-corrected chi connectivity index (χ3v) is 1.61. The van der Waals surface area contributed by atoms with Gasteiger partial charge in [0.2, 0.25) is 0 Å². The highest BCUT2D eigenvalue weighted by Crippen LogP contribution is 2.15. The molecule has 1 aliphatic heterocycles. The Morgan fingerprint density at radius 3 is 3.45 bits per heavy atom. The van der Waals surface area contributed by atoms with Crippen molar-refractivity contribution < 1.29 is 4.74 Å². The van der Waals surface area contributed by atoms with Crippen LogP contribution < -0.4 is 10.3 Å². The van der Waals surface area contributed by atoms with Crippen LogP contribution in [0.4, 0.5) is 0 Å². The van der Waals surface area contributed by atoms with E-state index in [-0.39, 0.29) is 11.7 Å². The van der Waals surface area contributed by atoms with E-state index in [0.29, 0.717) is 6.01 Å². The summed E-state index contributed by atoms with van der Waals surface area (Å²) < 4.78 is 7.06. The van der Waals surface area contributed by atoms with Gasteiger partial charge in [-0.25, -0.2) is 0 Å². The number of hydrogen-bond donors (Lipinski definition) is 0. The lowest BCUT2D eigenvalue weighted by molar-refractivity contribution is 0.245. The molecule has 0 amide bonds. The highest BCUT2D eigenvalue weighted by molar-refractivity contribution is 5.03. The number of ether oxygens (including phenoxy) is 1. The van der Waals surface area contributed by atoms with Crippen molar-refractivity contribution in [1.82, 2.24) is 9.55 Å². The molecule has 1 aromatic heterocycles. The van der Waals surface area contributed by atoms with Crippen molar-refractivity contribution >= 4 is 0 Å². The van der Waals surface area contributed by atoms with Gasteiger partial charge in [-0.1, -0.05) is 0 Å². The van der Waals surface area contributed by atoms with E-state index in [1.807, 2.05) is 11.5 Å². The Bertz CT molecular complexity index is 331. The molecular weight excluding hydrogens is 144 g/mol. The number of aromatic nitrogens is 2. The minimum absolute atomic E-state index is 0.129. The van der Waals surface area contributed by atoms with E-state index in [4.69, 9.17) is 4.74 Å². The molecule has 2 rings (SSSR count). The average Bonchev–Trinajstić information content (AvgIpc) is 2.27. The summed E-state index contributed by atoms with van der Waals surface area (Å²) in [5.74, 6) is 0. The Balaban J connectivity index is 2.51. The molecule has 0 saturated heterocycles. The molecule has 11 heavy (non-hydrogen) atoms. The van der Waals surface area contributed by atoms with E-state index >= 15 is 0 Å². The number of rotatable bonds is 0. The fraction of sp³-hybridized carbons (Fsp3) is 0.429. The van der Waals surface area contributed by atoms with Crippen molar-refractivity contribution in [2.24, 2.45) is 0 Å². The van der Waals surface area contributed by atoms with Crippen LogP contribution >= 0.6 is 0 Å². The number of fused-ring (bicyclic) bond motifs is 1. The molecule has 0 saturated carbocycles. The van der Waals surface area contributed by atoms with E-state index in [2.05, 4.69) is 4.98 Å². The van der Waals surface area contributed by atoms with E-state index in [1.54, 1.807) is 6.20 Å². The molecule has 1 aromatic rings. The Kier molecular flexibility index (Phi) is 1.21. The molecule has 0 spiro atoms. The van der Waals surface area contributed by atoms with Gasteiger partial charge in [-0.15, -0.1) is 0 Å². The zero-order valence-corrected chi connectivity index (χ0v) is 6.15. The molecule has 0 N–H and O–H groups in total. The largest absolute Gasteiger partial charge is 0.460 e. The fourth-order valence-electron chi connectivity index (χ4n) is 1.14. The molecule has 2 heterocycles. The molecule has 0 aromatic carbocycles. The predicted molar refractivity (Wildman–Crippen MR) is 38.6 cm³/mol. The lowest BCUT2D eigenvalue weighted by Gasteiger charge is -1.96. The first-order valence-electron chi connectivity index (χ1n) is 3.50. The predicted octanol–water partition coefficient (Wildman–Crippen LogP) is 0.0242. The third-order valence-electron chi connectivity index (χ3n) is 1.61. The van der Waals surface area contributed by atoms with Gasteiger partial charge < -0.3 is 4.74 Å². The van der Waals surface area contributed by atoms with E-state index in [1.165, 1.54) is 6.07 Å². The Labute approximate surface area is 63.4 Å². The van der Waals surface area contributed by atoms with Gasteiger partial charge in [-0.05, 0) is 6.92 Å². The van der Waals surface area contributed by atoms with Crippen molar-refractivity contribution in [1.29, 1.82) is 0 Å². The van der Waals surface area contributed by atoms with Crippen LogP contribution in [0.15, 0.2) is 17.1 Å². The van der Waals surface area contributed by atoms with Crippen molar-refractivity contribution in [2.45, 2.75) is 19.6 Å². The summed E-state index contributed by atoms with van der Waals surface area (Å²) >= 11 is 0. The van der Waals surface area contributed by atoms with Crippen LogP contribution in [0, 0.1) is 0 Å². The molecule has 0 aliphatic carbocycles. The van der Waals surface area contributed by atoms with Gasteiger partial charge in [0, 0.05) is 12.3 Å². The molecule has 4 heteroatoms. The first kappa shape index (κ1) is 6.39. The highest BCUT2D eigenvalue weighted by Gasteiger charge is 2.17. The standard InChI is InChI=1S/C7H8N2O2/c1-5-4-9-3-2-6(10)8-7(9)11-5/h2-3,5H,4H2,1H3. The second kappa shape index (κ2) is 2.08.